The standard InChI is InChI=1S/C21H25FN8/c1-3-30-14-25-18-19(23-10-8-15-4-6-17(22)7-5-15)27-21(28-20(18)30)24-11-9-16-12-26-29(2)13-16/h4-7,12-14H,3,8-11H2,1-2H3,(H2,23,24,27,28). The molecule has 9 heteroatoms. The summed E-state index contributed by atoms with van der Waals surface area (Å²) in [6.45, 7) is 4.19. The normalized spacial score (nSPS) is 11.2. The smallest absolute Gasteiger partial charge is 0.226 e. The molecule has 0 unspecified atom stereocenters. The van der Waals surface area contributed by atoms with Gasteiger partial charge in [0.2, 0.25) is 5.95 Å². The van der Waals surface area contributed by atoms with Crippen molar-refractivity contribution in [2.75, 3.05) is 23.7 Å². The van der Waals surface area contributed by atoms with E-state index in [2.05, 4.69) is 37.6 Å². The summed E-state index contributed by atoms with van der Waals surface area (Å²) in [5.41, 5.74) is 3.75. The lowest BCUT2D eigenvalue weighted by Crippen LogP contribution is -2.12. The third kappa shape index (κ3) is 4.56. The number of benzene rings is 1. The third-order valence-electron chi connectivity index (χ3n) is 4.88. The Bertz CT molecular complexity index is 1120. The van der Waals surface area contributed by atoms with Crippen LogP contribution in [0.1, 0.15) is 18.1 Å². The van der Waals surface area contributed by atoms with Crippen LogP contribution in [0.15, 0.2) is 43.0 Å². The fourth-order valence-electron chi connectivity index (χ4n) is 3.27. The van der Waals surface area contributed by atoms with Gasteiger partial charge in [-0.2, -0.15) is 15.1 Å². The second-order valence-corrected chi connectivity index (χ2v) is 7.10. The van der Waals surface area contributed by atoms with Crippen molar-refractivity contribution in [1.82, 2.24) is 29.3 Å². The number of halogens is 1. The number of aromatic nitrogens is 6. The largest absolute Gasteiger partial charge is 0.368 e. The van der Waals surface area contributed by atoms with Gasteiger partial charge in [0.1, 0.15) is 5.82 Å². The molecule has 30 heavy (non-hydrogen) atoms. The highest BCUT2D eigenvalue weighted by Gasteiger charge is 2.13. The summed E-state index contributed by atoms with van der Waals surface area (Å²) in [6.07, 6.45) is 7.23. The Morgan fingerprint density at radius 3 is 2.50 bits per heavy atom. The number of nitrogens with one attached hydrogen (secondary N) is 2. The molecule has 0 fully saturated rings. The van der Waals surface area contributed by atoms with Crippen molar-refractivity contribution in [1.29, 1.82) is 0 Å². The number of aryl methyl sites for hydroxylation is 2. The van der Waals surface area contributed by atoms with Crippen LogP contribution in [-0.4, -0.2) is 42.4 Å². The van der Waals surface area contributed by atoms with Crippen molar-refractivity contribution >= 4 is 22.9 Å². The van der Waals surface area contributed by atoms with Gasteiger partial charge < -0.3 is 15.2 Å². The summed E-state index contributed by atoms with van der Waals surface area (Å²) >= 11 is 0. The van der Waals surface area contributed by atoms with Crippen LogP contribution in [0.3, 0.4) is 0 Å². The molecule has 0 atom stereocenters. The minimum atomic E-state index is -0.226. The van der Waals surface area contributed by atoms with Crippen LogP contribution in [-0.2, 0) is 26.4 Å². The quantitative estimate of drug-likeness (QED) is 0.443. The summed E-state index contributed by atoms with van der Waals surface area (Å²) in [4.78, 5) is 13.8. The van der Waals surface area contributed by atoms with Gasteiger partial charge in [-0.25, -0.2) is 9.37 Å². The van der Waals surface area contributed by atoms with Gasteiger partial charge >= 0.3 is 0 Å². The zero-order chi connectivity index (χ0) is 20.9. The first-order valence-corrected chi connectivity index (χ1v) is 10.0. The molecule has 0 radical (unpaired) electrons. The molecule has 1 aromatic carbocycles. The molecule has 2 N–H and O–H groups in total. The maximum atomic E-state index is 13.1. The van der Waals surface area contributed by atoms with E-state index in [-0.39, 0.29) is 5.82 Å². The van der Waals surface area contributed by atoms with E-state index in [9.17, 15) is 4.39 Å². The first kappa shape index (κ1) is 19.8. The van der Waals surface area contributed by atoms with Crippen molar-refractivity contribution in [3.63, 3.8) is 0 Å². The number of imidazole rings is 1. The Morgan fingerprint density at radius 2 is 1.77 bits per heavy atom. The van der Waals surface area contributed by atoms with Gasteiger partial charge in [-0.3, -0.25) is 4.68 Å². The Labute approximate surface area is 174 Å². The summed E-state index contributed by atoms with van der Waals surface area (Å²) in [5, 5.41) is 10.9. The summed E-state index contributed by atoms with van der Waals surface area (Å²) in [7, 11) is 1.91. The zero-order valence-electron chi connectivity index (χ0n) is 17.1. The van der Waals surface area contributed by atoms with Gasteiger partial charge in [0.05, 0.1) is 12.5 Å². The predicted octanol–water partition coefficient (Wildman–Crippen LogP) is 3.03. The average Bonchev–Trinajstić information content (AvgIpc) is 3.35. The molecule has 3 heterocycles. The Hall–Kier alpha value is -3.49. The number of rotatable bonds is 9. The topological polar surface area (TPSA) is 85.5 Å². The molecule has 4 rings (SSSR count). The zero-order valence-corrected chi connectivity index (χ0v) is 17.1. The number of hydrogen-bond donors (Lipinski definition) is 2. The highest BCUT2D eigenvalue weighted by molar-refractivity contribution is 5.84. The molecule has 8 nitrogen and oxygen atoms in total. The fraction of sp³-hybridized carbons (Fsp3) is 0.333. The SMILES string of the molecule is CCn1cnc2c(NCCc3ccc(F)cc3)nc(NCCc3cnn(C)c3)nc21. The Balaban J connectivity index is 1.47. The molecule has 0 aliphatic carbocycles. The first-order valence-electron chi connectivity index (χ1n) is 10.0. The summed E-state index contributed by atoms with van der Waals surface area (Å²) < 4.78 is 16.9. The highest BCUT2D eigenvalue weighted by atomic mass is 19.1. The lowest BCUT2D eigenvalue weighted by Gasteiger charge is -2.10. The third-order valence-corrected chi connectivity index (χ3v) is 4.88. The van der Waals surface area contributed by atoms with E-state index in [0.29, 0.717) is 24.9 Å². The van der Waals surface area contributed by atoms with Crippen molar-refractivity contribution in [2.45, 2.75) is 26.3 Å². The molecular weight excluding hydrogens is 383 g/mol. The maximum absolute atomic E-state index is 13.1. The van der Waals surface area contributed by atoms with E-state index in [1.807, 2.05) is 24.0 Å². The molecule has 3 aromatic heterocycles. The van der Waals surface area contributed by atoms with E-state index in [0.717, 1.165) is 41.7 Å². The van der Waals surface area contributed by atoms with Crippen molar-refractivity contribution < 1.29 is 4.39 Å². The number of nitrogens with zero attached hydrogens (tertiary/aromatic N) is 6. The fourth-order valence-corrected chi connectivity index (χ4v) is 3.27. The van der Waals surface area contributed by atoms with Gasteiger partial charge in [-0.15, -0.1) is 0 Å². The molecule has 0 aliphatic rings. The Kier molecular flexibility index (Phi) is 5.87. The molecule has 0 aliphatic heterocycles. The highest BCUT2D eigenvalue weighted by Crippen LogP contribution is 2.21. The van der Waals surface area contributed by atoms with E-state index in [4.69, 9.17) is 0 Å². The average molecular weight is 408 g/mol. The lowest BCUT2D eigenvalue weighted by molar-refractivity contribution is 0.627. The molecule has 0 amide bonds. The summed E-state index contributed by atoms with van der Waals surface area (Å²) in [6, 6.07) is 6.55. The van der Waals surface area contributed by atoms with E-state index < -0.39 is 0 Å². The second kappa shape index (κ2) is 8.89. The van der Waals surface area contributed by atoms with Crippen molar-refractivity contribution in [3.8, 4) is 0 Å². The van der Waals surface area contributed by atoms with Crippen LogP contribution in [0, 0.1) is 5.82 Å². The van der Waals surface area contributed by atoms with Crippen LogP contribution in [0.4, 0.5) is 16.2 Å². The van der Waals surface area contributed by atoms with E-state index >= 15 is 0 Å². The van der Waals surface area contributed by atoms with Crippen LogP contribution < -0.4 is 10.6 Å². The maximum Gasteiger partial charge on any atom is 0.226 e. The Morgan fingerprint density at radius 1 is 1.00 bits per heavy atom. The number of anilines is 2. The van der Waals surface area contributed by atoms with Gasteiger partial charge in [0.15, 0.2) is 17.0 Å². The molecule has 0 bridgehead atoms. The monoisotopic (exact) mass is 408 g/mol. The van der Waals surface area contributed by atoms with Crippen LogP contribution in [0.25, 0.3) is 11.2 Å². The molecule has 156 valence electrons. The van der Waals surface area contributed by atoms with Gasteiger partial charge in [0, 0.05) is 32.9 Å². The molecule has 0 saturated carbocycles. The summed E-state index contributed by atoms with van der Waals surface area (Å²) in [5.74, 6) is 1.03. The first-order chi connectivity index (χ1) is 14.6. The lowest BCUT2D eigenvalue weighted by atomic mass is 10.1. The van der Waals surface area contributed by atoms with Gasteiger partial charge in [-0.05, 0) is 43.0 Å². The van der Waals surface area contributed by atoms with E-state index in [1.54, 1.807) is 23.1 Å². The minimum Gasteiger partial charge on any atom is -0.368 e. The van der Waals surface area contributed by atoms with Crippen LogP contribution in [0.5, 0.6) is 0 Å². The number of hydrogen-bond acceptors (Lipinski definition) is 6. The van der Waals surface area contributed by atoms with Crippen LogP contribution >= 0.6 is 0 Å². The molecule has 0 saturated heterocycles. The van der Waals surface area contributed by atoms with Crippen LogP contribution in [0.2, 0.25) is 0 Å². The van der Waals surface area contributed by atoms with Gasteiger partial charge in [0.25, 0.3) is 0 Å². The van der Waals surface area contributed by atoms with Gasteiger partial charge in [-0.1, -0.05) is 12.1 Å². The van der Waals surface area contributed by atoms with Crippen molar-refractivity contribution in [2.24, 2.45) is 7.05 Å². The molecule has 4 aromatic rings. The molecule has 0 spiro atoms. The van der Waals surface area contributed by atoms with E-state index in [1.165, 1.54) is 12.1 Å². The minimum absolute atomic E-state index is 0.226. The van der Waals surface area contributed by atoms with Crippen molar-refractivity contribution in [3.05, 3.63) is 59.9 Å². The number of fused-ring (bicyclic) bond motifs is 1. The second-order valence-electron chi connectivity index (χ2n) is 7.10. The molecular formula is C21H25FN8. The predicted molar refractivity (Wildman–Crippen MR) is 115 cm³/mol.